The van der Waals surface area contributed by atoms with Crippen LogP contribution in [0.2, 0.25) is 5.02 Å². The van der Waals surface area contributed by atoms with Gasteiger partial charge in [-0.3, -0.25) is 9.59 Å². The van der Waals surface area contributed by atoms with E-state index in [4.69, 9.17) is 16.3 Å². The minimum absolute atomic E-state index is 0.253. The summed E-state index contributed by atoms with van der Waals surface area (Å²) in [6.45, 7) is 3.43. The van der Waals surface area contributed by atoms with E-state index in [1.165, 1.54) is 6.92 Å². The van der Waals surface area contributed by atoms with Crippen molar-refractivity contribution in [2.45, 2.75) is 13.8 Å². The number of hydrogen-bond acceptors (Lipinski definition) is 3. The summed E-state index contributed by atoms with van der Waals surface area (Å²) in [5, 5.41) is 3.01. The summed E-state index contributed by atoms with van der Waals surface area (Å²) in [6.07, 6.45) is 0. The molecule has 0 spiro atoms. The molecule has 1 amide bonds. The van der Waals surface area contributed by atoms with E-state index in [2.05, 4.69) is 5.32 Å². The molecule has 1 N–H and O–H groups in total. The highest BCUT2D eigenvalue weighted by atomic mass is 35.5. The molecule has 1 aromatic rings. The summed E-state index contributed by atoms with van der Waals surface area (Å²) >= 11 is 5.88. The Balaban J connectivity index is 2.67. The molecule has 5 heteroatoms. The molecule has 1 unspecified atom stereocenters. The van der Waals surface area contributed by atoms with Gasteiger partial charge in [0.15, 0.2) is 0 Å². The molecule has 0 bridgehead atoms. The maximum absolute atomic E-state index is 11.7. The Morgan fingerprint density at radius 2 is 2.06 bits per heavy atom. The molecule has 17 heavy (non-hydrogen) atoms. The normalized spacial score (nSPS) is 11.7. The minimum Gasteiger partial charge on any atom is -0.465 e. The van der Waals surface area contributed by atoms with E-state index in [0.29, 0.717) is 10.7 Å². The molecule has 0 heterocycles. The number of nitrogens with one attached hydrogen (secondary N) is 1. The number of amides is 1. The van der Waals surface area contributed by atoms with Crippen molar-refractivity contribution in [3.63, 3.8) is 0 Å². The minimum atomic E-state index is -0.855. The molecule has 0 fully saturated rings. The van der Waals surface area contributed by atoms with Gasteiger partial charge in [0.2, 0.25) is 5.91 Å². The van der Waals surface area contributed by atoms with Crippen molar-refractivity contribution >= 4 is 29.2 Å². The first-order chi connectivity index (χ1) is 8.06. The lowest BCUT2D eigenvalue weighted by molar-refractivity contribution is -0.150. The molecule has 0 saturated heterocycles. The molecule has 0 aromatic heterocycles. The van der Waals surface area contributed by atoms with Gasteiger partial charge in [-0.15, -0.1) is 0 Å². The maximum atomic E-state index is 11.7. The lowest BCUT2D eigenvalue weighted by Crippen LogP contribution is -2.28. The highest BCUT2D eigenvalue weighted by Gasteiger charge is 2.23. The number of benzene rings is 1. The Morgan fingerprint density at radius 3 is 2.65 bits per heavy atom. The zero-order valence-electron chi connectivity index (χ0n) is 9.70. The number of esters is 1. The van der Waals surface area contributed by atoms with Crippen molar-refractivity contribution in [1.29, 1.82) is 0 Å². The monoisotopic (exact) mass is 255 g/mol. The molecule has 0 aliphatic heterocycles. The number of carbonyl (C=O) groups is 2. The van der Waals surface area contributed by atoms with Crippen molar-refractivity contribution < 1.29 is 14.3 Å². The molecule has 4 nitrogen and oxygen atoms in total. The first kappa shape index (κ1) is 13.5. The molecular formula is C12H14ClNO3. The van der Waals surface area contributed by atoms with Crippen LogP contribution in [0.25, 0.3) is 0 Å². The average Bonchev–Trinajstić information content (AvgIpc) is 2.31. The topological polar surface area (TPSA) is 55.4 Å². The first-order valence-electron chi connectivity index (χ1n) is 5.28. The number of para-hydroxylation sites is 1. The molecule has 0 radical (unpaired) electrons. The van der Waals surface area contributed by atoms with Gasteiger partial charge in [0.1, 0.15) is 5.92 Å². The quantitative estimate of drug-likeness (QED) is 0.664. The Kier molecular flexibility index (Phi) is 4.97. The Labute approximate surface area is 105 Å². The van der Waals surface area contributed by atoms with Gasteiger partial charge in [-0.1, -0.05) is 23.7 Å². The fraction of sp³-hybridized carbons (Fsp3) is 0.333. The zero-order valence-corrected chi connectivity index (χ0v) is 10.5. The summed E-state index contributed by atoms with van der Waals surface area (Å²) < 4.78 is 4.76. The first-order valence-corrected chi connectivity index (χ1v) is 5.66. The van der Waals surface area contributed by atoms with Gasteiger partial charge in [0, 0.05) is 0 Å². The summed E-state index contributed by atoms with van der Waals surface area (Å²) in [4.78, 5) is 23.1. The average molecular weight is 256 g/mol. The number of ether oxygens (including phenoxy) is 1. The Hall–Kier alpha value is -1.55. The summed E-state index contributed by atoms with van der Waals surface area (Å²) in [6, 6.07) is 6.83. The zero-order chi connectivity index (χ0) is 12.8. The number of halogens is 1. The Bertz CT molecular complexity index is 420. The molecule has 0 aliphatic rings. The van der Waals surface area contributed by atoms with Crippen LogP contribution in [0.1, 0.15) is 13.8 Å². The van der Waals surface area contributed by atoms with Crippen LogP contribution in [0, 0.1) is 5.92 Å². The van der Waals surface area contributed by atoms with Crippen LogP contribution in [0.5, 0.6) is 0 Å². The van der Waals surface area contributed by atoms with E-state index >= 15 is 0 Å². The van der Waals surface area contributed by atoms with Gasteiger partial charge in [-0.25, -0.2) is 0 Å². The number of carbonyl (C=O) groups excluding carboxylic acids is 2. The predicted octanol–water partition coefficient (Wildman–Crippen LogP) is 2.48. The van der Waals surface area contributed by atoms with Crippen molar-refractivity contribution in [2.24, 2.45) is 5.92 Å². The molecular weight excluding hydrogens is 242 g/mol. The lowest BCUT2D eigenvalue weighted by Gasteiger charge is -2.11. The van der Waals surface area contributed by atoms with E-state index in [1.807, 2.05) is 0 Å². The Morgan fingerprint density at radius 1 is 1.41 bits per heavy atom. The van der Waals surface area contributed by atoms with Crippen molar-refractivity contribution in [3.05, 3.63) is 29.3 Å². The molecule has 1 rings (SSSR count). The second-order valence-corrected chi connectivity index (χ2v) is 3.85. The largest absolute Gasteiger partial charge is 0.465 e. The van der Waals surface area contributed by atoms with E-state index in [9.17, 15) is 9.59 Å². The summed E-state index contributed by atoms with van der Waals surface area (Å²) in [5.74, 6) is -1.83. The van der Waals surface area contributed by atoms with E-state index in [0.717, 1.165) is 0 Å². The van der Waals surface area contributed by atoms with E-state index < -0.39 is 17.8 Å². The van der Waals surface area contributed by atoms with Gasteiger partial charge in [-0.2, -0.15) is 0 Å². The third-order valence-corrected chi connectivity index (χ3v) is 2.49. The highest BCUT2D eigenvalue weighted by Crippen LogP contribution is 2.21. The summed E-state index contributed by atoms with van der Waals surface area (Å²) in [7, 11) is 0. The van der Waals surface area contributed by atoms with Gasteiger partial charge in [0.05, 0.1) is 17.3 Å². The van der Waals surface area contributed by atoms with Gasteiger partial charge >= 0.3 is 5.97 Å². The van der Waals surface area contributed by atoms with Crippen LogP contribution in [0.15, 0.2) is 24.3 Å². The SMILES string of the molecule is CCOC(=O)C(C)C(=O)Nc1ccccc1Cl. The number of rotatable bonds is 4. The maximum Gasteiger partial charge on any atom is 0.318 e. The number of anilines is 1. The van der Waals surface area contributed by atoms with Crippen LogP contribution in [0.4, 0.5) is 5.69 Å². The second-order valence-electron chi connectivity index (χ2n) is 3.44. The van der Waals surface area contributed by atoms with Gasteiger partial charge in [0.25, 0.3) is 0 Å². The van der Waals surface area contributed by atoms with Crippen LogP contribution >= 0.6 is 11.6 Å². The van der Waals surface area contributed by atoms with Crippen molar-refractivity contribution in [1.82, 2.24) is 0 Å². The third-order valence-electron chi connectivity index (χ3n) is 2.17. The van der Waals surface area contributed by atoms with Crippen LogP contribution < -0.4 is 5.32 Å². The fourth-order valence-corrected chi connectivity index (χ4v) is 1.36. The van der Waals surface area contributed by atoms with E-state index in [1.54, 1.807) is 31.2 Å². The van der Waals surface area contributed by atoms with Crippen molar-refractivity contribution in [2.75, 3.05) is 11.9 Å². The second kappa shape index (κ2) is 6.25. The molecule has 0 aliphatic carbocycles. The highest BCUT2D eigenvalue weighted by molar-refractivity contribution is 6.33. The summed E-state index contributed by atoms with van der Waals surface area (Å²) in [5.41, 5.74) is 0.482. The van der Waals surface area contributed by atoms with Gasteiger partial charge in [-0.05, 0) is 26.0 Å². The molecule has 1 atom stereocenters. The third kappa shape index (κ3) is 3.75. The van der Waals surface area contributed by atoms with Crippen LogP contribution in [0.3, 0.4) is 0 Å². The van der Waals surface area contributed by atoms with Crippen molar-refractivity contribution in [3.8, 4) is 0 Å². The van der Waals surface area contributed by atoms with Crippen LogP contribution in [-0.2, 0) is 14.3 Å². The lowest BCUT2D eigenvalue weighted by atomic mass is 10.1. The van der Waals surface area contributed by atoms with Crippen LogP contribution in [-0.4, -0.2) is 18.5 Å². The smallest absolute Gasteiger partial charge is 0.318 e. The predicted molar refractivity (Wildman–Crippen MR) is 65.9 cm³/mol. The van der Waals surface area contributed by atoms with E-state index in [-0.39, 0.29) is 6.61 Å². The van der Waals surface area contributed by atoms with Gasteiger partial charge < -0.3 is 10.1 Å². The molecule has 0 saturated carbocycles. The standard InChI is InChI=1S/C12H14ClNO3/c1-3-17-12(16)8(2)11(15)14-10-7-5-4-6-9(10)13/h4-8H,3H2,1-2H3,(H,14,15). The number of hydrogen-bond donors (Lipinski definition) is 1. The molecule has 92 valence electrons. The fourth-order valence-electron chi connectivity index (χ4n) is 1.18. The molecule has 1 aromatic carbocycles.